The SMILES string of the molecule is CCCNC(=O)NCCc1cc(-c2ccc(CS(=O)O)cc2)n(-c2ccccc2)c1C. The van der Waals surface area contributed by atoms with Crippen LogP contribution in [0.2, 0.25) is 0 Å². The summed E-state index contributed by atoms with van der Waals surface area (Å²) in [7, 11) is 0. The predicted octanol–water partition coefficient (Wildman–Crippen LogP) is 4.43. The molecule has 3 rings (SSSR count). The van der Waals surface area contributed by atoms with E-state index in [0.29, 0.717) is 13.1 Å². The van der Waals surface area contributed by atoms with E-state index in [1.165, 1.54) is 0 Å². The lowest BCUT2D eigenvalue weighted by molar-refractivity contribution is 0.241. The van der Waals surface area contributed by atoms with Crippen LogP contribution >= 0.6 is 0 Å². The molecule has 164 valence electrons. The minimum absolute atomic E-state index is 0.121. The van der Waals surface area contributed by atoms with Crippen LogP contribution in [0.5, 0.6) is 0 Å². The first-order chi connectivity index (χ1) is 15.0. The zero-order chi connectivity index (χ0) is 22.2. The van der Waals surface area contributed by atoms with Gasteiger partial charge in [-0.2, -0.15) is 0 Å². The van der Waals surface area contributed by atoms with Gasteiger partial charge in [0.15, 0.2) is 11.1 Å². The topological polar surface area (TPSA) is 83.4 Å². The predicted molar refractivity (Wildman–Crippen MR) is 126 cm³/mol. The van der Waals surface area contributed by atoms with Gasteiger partial charge in [-0.1, -0.05) is 49.4 Å². The average Bonchev–Trinajstić information content (AvgIpc) is 3.09. The zero-order valence-electron chi connectivity index (χ0n) is 17.9. The Kier molecular flexibility index (Phi) is 8.03. The van der Waals surface area contributed by atoms with Crippen LogP contribution < -0.4 is 10.6 Å². The van der Waals surface area contributed by atoms with Gasteiger partial charge < -0.3 is 19.8 Å². The molecular formula is C24H29N3O3S. The first-order valence-corrected chi connectivity index (χ1v) is 11.7. The third kappa shape index (κ3) is 6.06. The van der Waals surface area contributed by atoms with Crippen molar-refractivity contribution in [2.75, 3.05) is 13.1 Å². The average molecular weight is 440 g/mol. The minimum atomic E-state index is -1.86. The summed E-state index contributed by atoms with van der Waals surface area (Å²) in [5.41, 5.74) is 6.25. The third-order valence-electron chi connectivity index (χ3n) is 5.12. The van der Waals surface area contributed by atoms with Crippen LogP contribution in [0.4, 0.5) is 4.79 Å². The molecule has 2 amide bonds. The van der Waals surface area contributed by atoms with Crippen molar-refractivity contribution in [2.45, 2.75) is 32.4 Å². The summed E-state index contributed by atoms with van der Waals surface area (Å²) in [4.78, 5) is 11.8. The van der Waals surface area contributed by atoms with Crippen molar-refractivity contribution in [1.29, 1.82) is 0 Å². The maximum Gasteiger partial charge on any atom is 0.314 e. The van der Waals surface area contributed by atoms with Gasteiger partial charge >= 0.3 is 6.03 Å². The molecule has 6 nitrogen and oxygen atoms in total. The molecular weight excluding hydrogens is 410 g/mol. The van der Waals surface area contributed by atoms with E-state index in [4.69, 9.17) is 4.55 Å². The lowest BCUT2D eigenvalue weighted by atomic mass is 10.1. The summed E-state index contributed by atoms with van der Waals surface area (Å²) < 4.78 is 22.4. The number of para-hydroxylation sites is 1. The number of benzene rings is 2. The lowest BCUT2D eigenvalue weighted by Crippen LogP contribution is -2.36. The van der Waals surface area contributed by atoms with Gasteiger partial charge in [0.25, 0.3) is 0 Å². The molecule has 7 heteroatoms. The molecule has 2 aromatic carbocycles. The van der Waals surface area contributed by atoms with Crippen LogP contribution in [-0.2, 0) is 23.3 Å². The van der Waals surface area contributed by atoms with E-state index in [0.717, 1.165) is 46.6 Å². The quantitative estimate of drug-likeness (QED) is 0.432. The van der Waals surface area contributed by atoms with E-state index in [-0.39, 0.29) is 11.8 Å². The van der Waals surface area contributed by atoms with Crippen LogP contribution in [-0.4, -0.2) is 32.4 Å². The fraction of sp³-hybridized carbons (Fsp3) is 0.292. The molecule has 0 saturated carbocycles. The van der Waals surface area contributed by atoms with Crippen molar-refractivity contribution in [3.05, 3.63) is 77.5 Å². The highest BCUT2D eigenvalue weighted by Crippen LogP contribution is 2.30. The van der Waals surface area contributed by atoms with Gasteiger partial charge in [-0.3, -0.25) is 0 Å². The van der Waals surface area contributed by atoms with Crippen LogP contribution in [0, 0.1) is 6.92 Å². The fourth-order valence-corrected chi connectivity index (χ4v) is 4.04. The summed E-state index contributed by atoms with van der Waals surface area (Å²) >= 11 is -1.86. The number of nitrogens with one attached hydrogen (secondary N) is 2. The number of hydrogen-bond acceptors (Lipinski definition) is 2. The highest BCUT2D eigenvalue weighted by molar-refractivity contribution is 7.78. The third-order valence-corrected chi connectivity index (χ3v) is 5.70. The van der Waals surface area contributed by atoms with Crippen molar-refractivity contribution in [2.24, 2.45) is 0 Å². The maximum absolute atomic E-state index is 11.8. The van der Waals surface area contributed by atoms with Gasteiger partial charge in [-0.05, 0) is 54.7 Å². The van der Waals surface area contributed by atoms with E-state index in [1.54, 1.807) is 0 Å². The Bertz CT molecular complexity index is 1030. The largest absolute Gasteiger partial charge is 0.338 e. The van der Waals surface area contributed by atoms with Gasteiger partial charge in [-0.25, -0.2) is 9.00 Å². The minimum Gasteiger partial charge on any atom is -0.338 e. The number of nitrogens with zero attached hydrogens (tertiary/aromatic N) is 1. The van der Waals surface area contributed by atoms with Crippen LogP contribution in [0.15, 0.2) is 60.7 Å². The number of aromatic nitrogens is 1. The van der Waals surface area contributed by atoms with Crippen molar-refractivity contribution >= 4 is 17.1 Å². The second-order valence-electron chi connectivity index (χ2n) is 7.41. The van der Waals surface area contributed by atoms with Gasteiger partial charge in [0, 0.05) is 24.5 Å². The summed E-state index contributed by atoms with van der Waals surface area (Å²) in [6.07, 6.45) is 1.63. The normalized spacial score (nSPS) is 11.8. The fourth-order valence-electron chi connectivity index (χ4n) is 3.56. The first-order valence-electron chi connectivity index (χ1n) is 10.4. The second kappa shape index (κ2) is 10.9. The highest BCUT2D eigenvalue weighted by Gasteiger charge is 2.15. The molecule has 0 fully saturated rings. The number of hydrogen-bond donors (Lipinski definition) is 3. The molecule has 0 aliphatic rings. The Morgan fingerprint density at radius 1 is 1.03 bits per heavy atom. The molecule has 0 aliphatic heterocycles. The molecule has 3 N–H and O–H groups in total. The van der Waals surface area contributed by atoms with Crippen LogP contribution in [0.1, 0.15) is 30.2 Å². The molecule has 1 heterocycles. The number of amides is 2. The van der Waals surface area contributed by atoms with E-state index < -0.39 is 11.1 Å². The zero-order valence-corrected chi connectivity index (χ0v) is 18.7. The summed E-state index contributed by atoms with van der Waals surface area (Å²) in [6.45, 7) is 5.33. The van der Waals surface area contributed by atoms with Crippen molar-refractivity contribution in [1.82, 2.24) is 15.2 Å². The molecule has 0 bridgehead atoms. The van der Waals surface area contributed by atoms with Crippen LogP contribution in [0.25, 0.3) is 16.9 Å². The van der Waals surface area contributed by atoms with Gasteiger partial charge in [-0.15, -0.1) is 0 Å². The van der Waals surface area contributed by atoms with E-state index >= 15 is 0 Å². The Morgan fingerprint density at radius 3 is 2.35 bits per heavy atom. The monoisotopic (exact) mass is 439 g/mol. The van der Waals surface area contributed by atoms with Crippen molar-refractivity contribution in [3.63, 3.8) is 0 Å². The molecule has 0 aliphatic carbocycles. The summed E-state index contributed by atoms with van der Waals surface area (Å²) in [6, 6.07) is 19.9. The van der Waals surface area contributed by atoms with E-state index in [9.17, 15) is 9.00 Å². The molecule has 31 heavy (non-hydrogen) atoms. The molecule has 0 radical (unpaired) electrons. The Morgan fingerprint density at radius 2 is 1.71 bits per heavy atom. The Balaban J connectivity index is 1.88. The molecule has 1 unspecified atom stereocenters. The van der Waals surface area contributed by atoms with E-state index in [2.05, 4.69) is 40.3 Å². The number of urea groups is 1. The molecule has 1 aromatic heterocycles. The standard InChI is InChI=1S/C24H29N3O3S/c1-3-14-25-24(28)26-15-13-21-16-23(20-11-9-19(10-12-20)17-31(29)30)27(18(21)2)22-7-5-4-6-8-22/h4-12,16H,3,13-15,17H2,1-2H3,(H,29,30)(H2,25,26,28). The Hall–Kier alpha value is -2.90. The Labute approximate surface area is 186 Å². The van der Waals surface area contributed by atoms with Gasteiger partial charge in [0.1, 0.15) is 0 Å². The summed E-state index contributed by atoms with van der Waals surface area (Å²) in [5.74, 6) is 0.121. The van der Waals surface area contributed by atoms with E-state index in [1.807, 2.05) is 49.4 Å². The van der Waals surface area contributed by atoms with Gasteiger partial charge in [0.05, 0.1) is 11.4 Å². The van der Waals surface area contributed by atoms with Crippen molar-refractivity contribution in [3.8, 4) is 16.9 Å². The molecule has 0 saturated heterocycles. The molecule has 0 spiro atoms. The van der Waals surface area contributed by atoms with Crippen LogP contribution in [0.3, 0.4) is 0 Å². The smallest absolute Gasteiger partial charge is 0.314 e. The number of rotatable bonds is 9. The highest BCUT2D eigenvalue weighted by atomic mass is 32.2. The first kappa shape index (κ1) is 22.8. The van der Waals surface area contributed by atoms with Gasteiger partial charge in [0.2, 0.25) is 0 Å². The molecule has 1 atom stereocenters. The summed E-state index contributed by atoms with van der Waals surface area (Å²) in [5, 5.41) is 5.74. The maximum atomic E-state index is 11.8. The second-order valence-corrected chi connectivity index (χ2v) is 8.34. The van der Waals surface area contributed by atoms with Crippen molar-refractivity contribution < 1.29 is 13.6 Å². The lowest BCUT2D eigenvalue weighted by Gasteiger charge is -2.13. The number of carbonyl (C=O) groups excluding carboxylic acids is 1. The molecule has 3 aromatic rings. The number of carbonyl (C=O) groups is 1.